The predicted molar refractivity (Wildman–Crippen MR) is 148 cm³/mol. The van der Waals surface area contributed by atoms with E-state index in [1.165, 1.54) is 36.0 Å². The zero-order valence-corrected chi connectivity index (χ0v) is 22.4. The van der Waals surface area contributed by atoms with Gasteiger partial charge in [-0.05, 0) is 69.7 Å². The highest BCUT2D eigenvalue weighted by molar-refractivity contribution is 9.10. The minimum Gasteiger partial charge on any atom is -0.493 e. The molecule has 3 aromatic carbocycles. The molecule has 5 rings (SSSR count). The largest absolute Gasteiger partial charge is 0.493 e. The molecule has 2 aliphatic heterocycles. The second-order valence-corrected chi connectivity index (χ2v) is 9.92. The first-order chi connectivity index (χ1) is 18.4. The van der Waals surface area contributed by atoms with Gasteiger partial charge in [-0.1, -0.05) is 36.4 Å². The van der Waals surface area contributed by atoms with Gasteiger partial charge in [-0.3, -0.25) is 10.2 Å². The van der Waals surface area contributed by atoms with Gasteiger partial charge in [-0.2, -0.15) is 15.1 Å². The minimum atomic E-state index is -0.552. The van der Waals surface area contributed by atoms with E-state index in [-0.39, 0.29) is 30.4 Å². The number of hydrogen-bond acceptors (Lipinski definition) is 7. The summed E-state index contributed by atoms with van der Waals surface area (Å²) in [5.41, 5.74) is 1.04. The van der Waals surface area contributed by atoms with Crippen LogP contribution in [0.5, 0.6) is 17.2 Å². The maximum absolute atomic E-state index is 14.0. The lowest BCUT2D eigenvalue weighted by atomic mass is 10.1. The third kappa shape index (κ3) is 5.48. The molecule has 0 unspecified atom stereocenters. The summed E-state index contributed by atoms with van der Waals surface area (Å²) in [6.07, 6.45) is 1.54. The van der Waals surface area contributed by atoms with Crippen LogP contribution in [0.2, 0.25) is 0 Å². The van der Waals surface area contributed by atoms with E-state index in [4.69, 9.17) is 19.6 Å². The number of thioether (sulfide) groups is 1. The highest BCUT2D eigenvalue weighted by atomic mass is 79.9. The van der Waals surface area contributed by atoms with Crippen LogP contribution >= 0.6 is 27.7 Å². The topological polar surface area (TPSA) is 96.6 Å². The molecule has 0 aromatic heterocycles. The van der Waals surface area contributed by atoms with Crippen molar-refractivity contribution in [3.8, 4) is 17.2 Å². The van der Waals surface area contributed by atoms with Gasteiger partial charge in [-0.15, -0.1) is 0 Å². The second-order valence-electron chi connectivity index (χ2n) is 8.03. The molecule has 0 saturated carbocycles. The molecular formula is C27H20BrFN4O4S. The number of benzene rings is 3. The van der Waals surface area contributed by atoms with Crippen LogP contribution in [0.25, 0.3) is 6.08 Å². The third-order valence-corrected chi connectivity index (χ3v) is 6.97. The van der Waals surface area contributed by atoms with E-state index in [0.717, 1.165) is 0 Å². The number of amides is 1. The zero-order valence-electron chi connectivity index (χ0n) is 20.0. The lowest BCUT2D eigenvalue weighted by Crippen LogP contribution is -2.35. The van der Waals surface area contributed by atoms with Crippen molar-refractivity contribution in [3.63, 3.8) is 0 Å². The average molecular weight is 595 g/mol. The molecule has 3 aromatic rings. The van der Waals surface area contributed by atoms with Gasteiger partial charge in [0.25, 0.3) is 5.91 Å². The number of hydrazone groups is 1. The molecule has 0 spiro atoms. The Morgan fingerprint density at radius 1 is 1.08 bits per heavy atom. The van der Waals surface area contributed by atoms with Gasteiger partial charge >= 0.3 is 0 Å². The molecule has 0 radical (unpaired) electrons. The number of hydrogen-bond donors (Lipinski definition) is 1. The monoisotopic (exact) mass is 594 g/mol. The Bertz CT molecular complexity index is 1510. The van der Waals surface area contributed by atoms with Gasteiger partial charge in [0, 0.05) is 5.56 Å². The molecule has 11 heteroatoms. The fourth-order valence-electron chi connectivity index (χ4n) is 3.65. The molecule has 1 N–H and O–H groups in total. The number of rotatable bonds is 8. The van der Waals surface area contributed by atoms with Crippen molar-refractivity contribution in [2.75, 3.05) is 13.7 Å². The Hall–Kier alpha value is -3.96. The fourth-order valence-corrected chi connectivity index (χ4v) is 5.02. The second kappa shape index (κ2) is 11.2. The van der Waals surface area contributed by atoms with Crippen molar-refractivity contribution in [1.29, 1.82) is 5.41 Å². The van der Waals surface area contributed by atoms with Crippen molar-refractivity contribution in [1.82, 2.24) is 5.01 Å². The number of fused-ring (bicyclic) bond motifs is 1. The van der Waals surface area contributed by atoms with Crippen LogP contribution < -0.4 is 14.2 Å². The summed E-state index contributed by atoms with van der Waals surface area (Å²) in [6, 6.07) is 19.0. The molecule has 1 amide bonds. The summed E-state index contributed by atoms with van der Waals surface area (Å²) in [5.74, 6) is 0.427. The van der Waals surface area contributed by atoms with Crippen molar-refractivity contribution in [2.24, 2.45) is 10.1 Å². The SMILES string of the molecule is COc1cc(/C=C2\C(=N)N3N=C(COc4ccccc4)SC3=NC2=O)cc(Br)c1OCc1ccccc1F. The van der Waals surface area contributed by atoms with Gasteiger partial charge in [0.1, 0.15) is 29.8 Å². The number of ether oxygens (including phenoxy) is 3. The fraction of sp³-hybridized carbons (Fsp3) is 0.111. The van der Waals surface area contributed by atoms with E-state index in [1.54, 1.807) is 30.3 Å². The molecule has 38 heavy (non-hydrogen) atoms. The van der Waals surface area contributed by atoms with E-state index in [0.29, 0.717) is 43.1 Å². The number of nitrogens with zero attached hydrogens (tertiary/aromatic N) is 3. The summed E-state index contributed by atoms with van der Waals surface area (Å²) in [7, 11) is 1.48. The molecule has 0 bridgehead atoms. The van der Waals surface area contributed by atoms with Crippen LogP contribution in [-0.4, -0.2) is 40.7 Å². The van der Waals surface area contributed by atoms with E-state index >= 15 is 0 Å². The first kappa shape index (κ1) is 25.7. The Morgan fingerprint density at radius 2 is 1.84 bits per heavy atom. The van der Waals surface area contributed by atoms with E-state index < -0.39 is 5.91 Å². The lowest BCUT2D eigenvalue weighted by molar-refractivity contribution is -0.114. The Morgan fingerprint density at radius 3 is 2.61 bits per heavy atom. The van der Waals surface area contributed by atoms with Crippen LogP contribution in [0.15, 0.2) is 86.9 Å². The summed E-state index contributed by atoms with van der Waals surface area (Å²) in [6.45, 7) is 0.187. The van der Waals surface area contributed by atoms with Crippen LogP contribution in [0.1, 0.15) is 11.1 Å². The van der Waals surface area contributed by atoms with E-state index in [9.17, 15) is 9.18 Å². The Balaban J connectivity index is 1.35. The average Bonchev–Trinajstić information content (AvgIpc) is 3.33. The van der Waals surface area contributed by atoms with Gasteiger partial charge in [0.15, 0.2) is 17.3 Å². The number of carbonyl (C=O) groups excluding carboxylic acids is 1. The highest BCUT2D eigenvalue weighted by Crippen LogP contribution is 2.38. The molecule has 0 aliphatic carbocycles. The number of para-hydroxylation sites is 1. The number of carbonyl (C=O) groups is 1. The van der Waals surface area contributed by atoms with Crippen LogP contribution in [0.3, 0.4) is 0 Å². The molecule has 0 fully saturated rings. The summed E-state index contributed by atoms with van der Waals surface area (Å²) in [5, 5.41) is 15.2. The van der Waals surface area contributed by atoms with Crippen LogP contribution in [-0.2, 0) is 11.4 Å². The maximum atomic E-state index is 14.0. The summed E-state index contributed by atoms with van der Waals surface area (Å²) >= 11 is 4.66. The van der Waals surface area contributed by atoms with E-state index in [1.807, 2.05) is 30.3 Å². The van der Waals surface area contributed by atoms with Gasteiger partial charge in [0.2, 0.25) is 5.17 Å². The van der Waals surface area contributed by atoms with Crippen molar-refractivity contribution < 1.29 is 23.4 Å². The van der Waals surface area contributed by atoms with Crippen molar-refractivity contribution >= 4 is 55.7 Å². The quantitative estimate of drug-likeness (QED) is 0.327. The number of halogens is 2. The minimum absolute atomic E-state index is 0.00361. The van der Waals surface area contributed by atoms with Gasteiger partial charge < -0.3 is 14.2 Å². The molecule has 2 heterocycles. The Kier molecular flexibility index (Phi) is 7.57. The van der Waals surface area contributed by atoms with E-state index in [2.05, 4.69) is 26.0 Å². The van der Waals surface area contributed by atoms with Crippen molar-refractivity contribution in [3.05, 3.63) is 93.7 Å². The molecule has 2 aliphatic rings. The predicted octanol–water partition coefficient (Wildman–Crippen LogP) is 5.87. The lowest BCUT2D eigenvalue weighted by Gasteiger charge is -2.20. The molecule has 0 atom stereocenters. The number of aliphatic imine (C=N–C) groups is 1. The number of amidine groups is 2. The smallest absolute Gasteiger partial charge is 0.283 e. The highest BCUT2D eigenvalue weighted by Gasteiger charge is 2.35. The first-order valence-corrected chi connectivity index (χ1v) is 12.9. The molecule has 0 saturated heterocycles. The first-order valence-electron chi connectivity index (χ1n) is 11.3. The standard InChI is InChI=1S/C27H20BrFN4O4S/c1-35-22-13-16(12-20(28)24(22)37-14-17-7-5-6-10-21(17)29)11-19-25(30)33-27(31-26(19)34)38-23(32-33)15-36-18-8-3-2-4-9-18/h2-13,30H,14-15H2,1H3/b19-11+,30-25?. The Labute approximate surface area is 230 Å². The summed E-state index contributed by atoms with van der Waals surface area (Å²) < 4.78 is 31.6. The normalized spacial score (nSPS) is 15.8. The molecule has 192 valence electrons. The van der Waals surface area contributed by atoms with Crippen LogP contribution in [0, 0.1) is 11.2 Å². The third-order valence-electron chi connectivity index (χ3n) is 5.49. The number of nitrogens with one attached hydrogen (secondary N) is 1. The van der Waals surface area contributed by atoms with Gasteiger partial charge in [0.05, 0.1) is 17.2 Å². The molecule has 8 nitrogen and oxygen atoms in total. The molecular weight excluding hydrogens is 575 g/mol. The maximum Gasteiger partial charge on any atom is 0.283 e. The summed E-state index contributed by atoms with van der Waals surface area (Å²) in [4.78, 5) is 16.9. The number of methoxy groups -OCH3 is 1. The van der Waals surface area contributed by atoms with Gasteiger partial charge in [-0.25, -0.2) is 4.39 Å². The zero-order chi connectivity index (χ0) is 26.6. The van der Waals surface area contributed by atoms with Crippen molar-refractivity contribution in [2.45, 2.75) is 6.61 Å². The van der Waals surface area contributed by atoms with Crippen LogP contribution in [0.4, 0.5) is 4.39 Å².